The number of rotatable bonds is 5. The summed E-state index contributed by atoms with van der Waals surface area (Å²) in [7, 11) is 1.32. The van der Waals surface area contributed by atoms with Crippen molar-refractivity contribution in [2.24, 2.45) is 0 Å². The molecule has 1 aliphatic rings. The van der Waals surface area contributed by atoms with Crippen molar-refractivity contribution in [1.82, 2.24) is 5.32 Å². The Morgan fingerprint density at radius 3 is 2.76 bits per heavy atom. The number of ether oxygens (including phenoxy) is 1. The van der Waals surface area contributed by atoms with E-state index >= 15 is 0 Å². The molecule has 1 aromatic carbocycles. The molecule has 2 rings (SSSR count). The molecule has 0 unspecified atom stereocenters. The molecule has 0 bridgehead atoms. The molecule has 0 heterocycles. The number of aryl methyl sites for hydroxylation is 2. The first-order valence-electron chi connectivity index (χ1n) is 7.31. The van der Waals surface area contributed by atoms with Gasteiger partial charge < -0.3 is 10.1 Å². The molecule has 0 aliphatic heterocycles. The Bertz CT molecular complexity index is 549. The maximum atomic E-state index is 11.8. The molecule has 0 saturated heterocycles. The lowest BCUT2D eigenvalue weighted by Gasteiger charge is -2.16. The topological polar surface area (TPSA) is 55.4 Å². The zero-order valence-electron chi connectivity index (χ0n) is 12.4. The van der Waals surface area contributed by atoms with Crippen LogP contribution < -0.4 is 5.32 Å². The predicted octanol–water partition coefficient (Wildman–Crippen LogP) is 1.95. The van der Waals surface area contributed by atoms with Gasteiger partial charge in [0.2, 0.25) is 5.91 Å². The SMILES string of the molecule is COC(=O)/C=C/CNC(=O)Cc1ccc2c(c1)CCCC2. The van der Waals surface area contributed by atoms with Crippen LogP contribution in [0, 0.1) is 0 Å². The van der Waals surface area contributed by atoms with E-state index < -0.39 is 5.97 Å². The molecule has 112 valence electrons. The molecule has 0 spiro atoms. The fraction of sp³-hybridized carbons (Fsp3) is 0.412. The molecule has 1 aromatic rings. The lowest BCUT2D eigenvalue weighted by molar-refractivity contribution is -0.134. The molecule has 4 nitrogen and oxygen atoms in total. The van der Waals surface area contributed by atoms with Gasteiger partial charge >= 0.3 is 5.97 Å². The fourth-order valence-electron chi connectivity index (χ4n) is 2.54. The van der Waals surface area contributed by atoms with Gasteiger partial charge in [0.05, 0.1) is 13.5 Å². The number of carbonyl (C=O) groups excluding carboxylic acids is 2. The number of carbonyl (C=O) groups is 2. The van der Waals surface area contributed by atoms with Crippen LogP contribution in [0.3, 0.4) is 0 Å². The third kappa shape index (κ3) is 4.74. The summed E-state index contributed by atoms with van der Waals surface area (Å²) in [6.45, 7) is 0.332. The van der Waals surface area contributed by atoms with E-state index in [4.69, 9.17) is 0 Å². The maximum Gasteiger partial charge on any atom is 0.330 e. The van der Waals surface area contributed by atoms with Gasteiger partial charge in [-0.2, -0.15) is 0 Å². The van der Waals surface area contributed by atoms with Gasteiger partial charge in [0, 0.05) is 12.6 Å². The standard InChI is InChI=1S/C17H21NO3/c1-21-17(20)7-4-10-18-16(19)12-13-8-9-14-5-2-3-6-15(14)11-13/h4,7-9,11H,2-3,5-6,10,12H2,1H3,(H,18,19)/b7-4+. The van der Waals surface area contributed by atoms with Crippen LogP contribution in [0.2, 0.25) is 0 Å². The highest BCUT2D eigenvalue weighted by Gasteiger charge is 2.10. The van der Waals surface area contributed by atoms with Gasteiger partial charge in [-0.3, -0.25) is 4.79 Å². The molecule has 0 fully saturated rings. The Hall–Kier alpha value is -2.10. The van der Waals surface area contributed by atoms with Crippen LogP contribution in [0.5, 0.6) is 0 Å². The molecule has 4 heteroatoms. The minimum absolute atomic E-state index is 0.0414. The van der Waals surface area contributed by atoms with Crippen LogP contribution in [0.1, 0.15) is 29.5 Å². The largest absolute Gasteiger partial charge is 0.466 e. The number of nitrogens with one attached hydrogen (secondary N) is 1. The Morgan fingerprint density at radius 2 is 2.00 bits per heavy atom. The predicted molar refractivity (Wildman–Crippen MR) is 81.0 cm³/mol. The average molecular weight is 287 g/mol. The Labute approximate surface area is 125 Å². The second-order valence-corrected chi connectivity index (χ2v) is 5.22. The minimum Gasteiger partial charge on any atom is -0.466 e. The van der Waals surface area contributed by atoms with Crippen LogP contribution >= 0.6 is 0 Å². The lowest BCUT2D eigenvalue weighted by Crippen LogP contribution is -2.25. The Kier molecular flexibility index (Phi) is 5.55. The summed E-state index contributed by atoms with van der Waals surface area (Å²) >= 11 is 0. The first kappa shape index (κ1) is 15.3. The number of hydrogen-bond acceptors (Lipinski definition) is 3. The van der Waals surface area contributed by atoms with Gasteiger partial charge in [0.15, 0.2) is 0 Å². The molecular formula is C17H21NO3. The van der Waals surface area contributed by atoms with E-state index in [9.17, 15) is 9.59 Å². The van der Waals surface area contributed by atoms with Crippen molar-refractivity contribution in [2.45, 2.75) is 32.1 Å². The van der Waals surface area contributed by atoms with Crippen molar-refractivity contribution in [3.05, 3.63) is 47.0 Å². The summed E-state index contributed by atoms with van der Waals surface area (Å²) in [6, 6.07) is 6.33. The van der Waals surface area contributed by atoms with E-state index in [1.165, 1.54) is 37.2 Å². The Balaban J connectivity index is 1.82. The second kappa shape index (κ2) is 7.62. The third-order valence-corrected chi connectivity index (χ3v) is 3.65. The van der Waals surface area contributed by atoms with Crippen molar-refractivity contribution in [3.8, 4) is 0 Å². The van der Waals surface area contributed by atoms with Gasteiger partial charge in [0.1, 0.15) is 0 Å². The third-order valence-electron chi connectivity index (χ3n) is 3.65. The normalized spacial score (nSPS) is 13.8. The summed E-state index contributed by atoms with van der Waals surface area (Å²) in [4.78, 5) is 22.7. The zero-order valence-corrected chi connectivity index (χ0v) is 12.4. The van der Waals surface area contributed by atoms with E-state index in [0.717, 1.165) is 18.4 Å². The fourth-order valence-corrected chi connectivity index (χ4v) is 2.54. The van der Waals surface area contributed by atoms with E-state index in [2.05, 4.69) is 22.2 Å². The summed E-state index contributed by atoms with van der Waals surface area (Å²) in [6.07, 6.45) is 8.03. The highest BCUT2D eigenvalue weighted by atomic mass is 16.5. The van der Waals surface area contributed by atoms with Crippen molar-refractivity contribution in [1.29, 1.82) is 0 Å². The van der Waals surface area contributed by atoms with Crippen LogP contribution in [0.4, 0.5) is 0 Å². The molecule has 1 N–H and O–H groups in total. The van der Waals surface area contributed by atoms with Crippen molar-refractivity contribution < 1.29 is 14.3 Å². The Morgan fingerprint density at radius 1 is 1.24 bits per heavy atom. The monoisotopic (exact) mass is 287 g/mol. The maximum absolute atomic E-state index is 11.8. The number of esters is 1. The quantitative estimate of drug-likeness (QED) is 0.665. The lowest BCUT2D eigenvalue weighted by atomic mass is 9.90. The van der Waals surface area contributed by atoms with Gasteiger partial charge in [-0.1, -0.05) is 24.3 Å². The van der Waals surface area contributed by atoms with Gasteiger partial charge in [-0.25, -0.2) is 4.79 Å². The minimum atomic E-state index is -0.418. The summed E-state index contributed by atoms with van der Waals surface area (Å²) in [5, 5.41) is 2.76. The zero-order chi connectivity index (χ0) is 15.1. The molecule has 1 aliphatic carbocycles. The summed E-state index contributed by atoms with van der Waals surface area (Å²) in [5.74, 6) is -0.459. The van der Waals surface area contributed by atoms with Crippen molar-refractivity contribution >= 4 is 11.9 Å². The number of benzene rings is 1. The van der Waals surface area contributed by atoms with Crippen molar-refractivity contribution in [2.75, 3.05) is 13.7 Å². The van der Waals surface area contributed by atoms with Crippen LogP contribution in [0.25, 0.3) is 0 Å². The summed E-state index contributed by atoms with van der Waals surface area (Å²) in [5.41, 5.74) is 3.86. The number of hydrogen-bond donors (Lipinski definition) is 1. The molecular weight excluding hydrogens is 266 g/mol. The number of fused-ring (bicyclic) bond motifs is 1. The molecule has 21 heavy (non-hydrogen) atoms. The van der Waals surface area contributed by atoms with Gasteiger partial charge in [-0.15, -0.1) is 0 Å². The van der Waals surface area contributed by atoms with E-state index in [-0.39, 0.29) is 5.91 Å². The molecule has 1 amide bonds. The van der Waals surface area contributed by atoms with E-state index in [1.54, 1.807) is 6.08 Å². The van der Waals surface area contributed by atoms with Crippen LogP contribution in [-0.2, 0) is 33.6 Å². The van der Waals surface area contributed by atoms with Gasteiger partial charge in [0.25, 0.3) is 0 Å². The summed E-state index contributed by atoms with van der Waals surface area (Å²) < 4.78 is 4.47. The molecule has 0 radical (unpaired) electrons. The highest BCUT2D eigenvalue weighted by molar-refractivity contribution is 5.82. The second-order valence-electron chi connectivity index (χ2n) is 5.22. The number of methoxy groups -OCH3 is 1. The van der Waals surface area contributed by atoms with Crippen molar-refractivity contribution in [3.63, 3.8) is 0 Å². The smallest absolute Gasteiger partial charge is 0.330 e. The highest BCUT2D eigenvalue weighted by Crippen LogP contribution is 2.22. The average Bonchev–Trinajstić information content (AvgIpc) is 2.51. The van der Waals surface area contributed by atoms with E-state index in [1.807, 2.05) is 6.07 Å². The molecule has 0 saturated carbocycles. The van der Waals surface area contributed by atoms with E-state index in [0.29, 0.717) is 13.0 Å². The number of amides is 1. The van der Waals surface area contributed by atoms with Crippen LogP contribution in [0.15, 0.2) is 30.4 Å². The molecule has 0 aromatic heterocycles. The first-order chi connectivity index (χ1) is 10.2. The van der Waals surface area contributed by atoms with Crippen LogP contribution in [-0.4, -0.2) is 25.5 Å². The first-order valence-corrected chi connectivity index (χ1v) is 7.31. The molecule has 0 atom stereocenters. The van der Waals surface area contributed by atoms with Gasteiger partial charge in [-0.05, 0) is 42.4 Å².